The van der Waals surface area contributed by atoms with Crippen LogP contribution in [0.4, 0.5) is 0 Å². The first-order valence-electron chi connectivity index (χ1n) is 3.73. The van der Waals surface area contributed by atoms with E-state index in [0.717, 1.165) is 10.5 Å². The molecule has 70 valence electrons. The second-order valence-electron chi connectivity index (χ2n) is 2.75. The number of hydrogen-bond acceptors (Lipinski definition) is 1. The lowest BCUT2D eigenvalue weighted by Gasteiger charge is -2.24. The van der Waals surface area contributed by atoms with Crippen molar-refractivity contribution in [3.63, 3.8) is 0 Å². The molecule has 0 fully saturated rings. The van der Waals surface area contributed by atoms with Crippen LogP contribution in [-0.2, 0) is 0 Å². The molecule has 2 radical (unpaired) electrons. The summed E-state index contributed by atoms with van der Waals surface area (Å²) in [7, 11) is -2.22. The molecule has 1 N–H and O–H groups in total. The molecule has 13 heavy (non-hydrogen) atoms. The van der Waals surface area contributed by atoms with Crippen molar-refractivity contribution >= 4 is 32.9 Å². The summed E-state index contributed by atoms with van der Waals surface area (Å²) in [5.74, 6) is 0. The fourth-order valence-electron chi connectivity index (χ4n) is 0.913. The highest BCUT2D eigenvalue weighted by Crippen LogP contribution is 2.52. The molecule has 1 nitrogen and oxygen atoms in total. The Kier molecular flexibility index (Phi) is 3.82. The van der Waals surface area contributed by atoms with E-state index in [2.05, 4.69) is 0 Å². The second kappa shape index (κ2) is 4.48. The lowest BCUT2D eigenvalue weighted by molar-refractivity contribution is 0.643. The van der Waals surface area contributed by atoms with Crippen LogP contribution >= 0.6 is 32.9 Å². The molecular weight excluding hydrogens is 295 g/mol. The van der Waals surface area contributed by atoms with Gasteiger partial charge in [-0.1, -0.05) is 50.6 Å². The average molecular weight is 306 g/mol. The highest BCUT2D eigenvalue weighted by atomic mass is 127. The largest absolute Gasteiger partial charge is 0.343 e. The van der Waals surface area contributed by atoms with E-state index < -0.39 is 10.3 Å². The predicted molar refractivity (Wildman–Crippen MR) is 67.1 cm³/mol. The van der Waals surface area contributed by atoms with Gasteiger partial charge >= 0.3 is 0 Å². The van der Waals surface area contributed by atoms with Gasteiger partial charge in [0.2, 0.25) is 0 Å². The van der Waals surface area contributed by atoms with E-state index in [9.17, 15) is 4.55 Å². The molecule has 0 saturated heterocycles. The monoisotopic (exact) mass is 306 g/mol. The van der Waals surface area contributed by atoms with Gasteiger partial charge in [-0.15, -0.1) is 0 Å². The van der Waals surface area contributed by atoms with Crippen LogP contribution in [0.3, 0.4) is 0 Å². The van der Waals surface area contributed by atoms with Gasteiger partial charge < -0.3 is 4.55 Å². The van der Waals surface area contributed by atoms with Gasteiger partial charge in [-0.05, 0) is 28.5 Å². The number of benzene rings is 1. The summed E-state index contributed by atoms with van der Waals surface area (Å²) in [6.45, 7) is 2.00. The van der Waals surface area contributed by atoms with Crippen LogP contribution in [0.1, 0.15) is 5.56 Å². The summed E-state index contributed by atoms with van der Waals surface area (Å²) >= 11 is 2.05. The van der Waals surface area contributed by atoms with Crippen molar-refractivity contribution in [1.29, 1.82) is 0 Å². The fourth-order valence-corrected chi connectivity index (χ4v) is 3.14. The minimum absolute atomic E-state index is 0.783. The summed E-state index contributed by atoms with van der Waals surface area (Å²) in [4.78, 5) is 0.783. The van der Waals surface area contributed by atoms with Crippen LogP contribution < -0.4 is 0 Å². The zero-order valence-corrected chi connectivity index (χ0v) is 10.2. The van der Waals surface area contributed by atoms with Crippen LogP contribution in [0.25, 0.3) is 0 Å². The van der Waals surface area contributed by atoms with Gasteiger partial charge in [-0.2, -0.15) is 0 Å². The third-order valence-electron chi connectivity index (χ3n) is 1.66. The number of rotatable bonds is 2. The van der Waals surface area contributed by atoms with E-state index in [1.54, 1.807) is 9.49 Å². The molecule has 0 heterocycles. The molecule has 0 bridgehead atoms. The maximum atomic E-state index is 9.85. The maximum absolute atomic E-state index is 9.85. The van der Waals surface area contributed by atoms with Gasteiger partial charge in [0.05, 0.1) is 0 Å². The maximum Gasteiger partial charge on any atom is 0.0464 e. The van der Waals surface area contributed by atoms with Gasteiger partial charge in [-0.25, -0.2) is 0 Å². The van der Waals surface area contributed by atoms with Gasteiger partial charge in [0.15, 0.2) is 0 Å². The zero-order chi connectivity index (χ0) is 9.90. The molecule has 0 aliphatic heterocycles. The van der Waals surface area contributed by atoms with Crippen molar-refractivity contribution in [3.05, 3.63) is 45.6 Å². The molecule has 0 saturated carbocycles. The number of aryl methyl sites for hydroxylation is 1. The van der Waals surface area contributed by atoms with Gasteiger partial charge in [-0.3, -0.25) is 0 Å². The Bertz CT molecular complexity index is 303. The van der Waals surface area contributed by atoms with E-state index in [-0.39, 0.29) is 0 Å². The number of halogens is 1. The summed E-state index contributed by atoms with van der Waals surface area (Å²) in [5, 5.41) is 1.64. The van der Waals surface area contributed by atoms with Crippen molar-refractivity contribution in [1.82, 2.24) is 0 Å². The third kappa shape index (κ3) is 3.00. The first kappa shape index (κ1) is 11.1. The summed E-state index contributed by atoms with van der Waals surface area (Å²) in [5.41, 5.74) is 1.16. The number of hydrogen-bond donors (Lipinski definition) is 1. The third-order valence-corrected chi connectivity index (χ3v) is 4.08. The molecule has 1 atom stereocenters. The van der Waals surface area contributed by atoms with Crippen molar-refractivity contribution in [2.45, 2.75) is 11.8 Å². The van der Waals surface area contributed by atoms with Crippen LogP contribution in [-0.4, -0.2) is 4.55 Å². The molecule has 0 aromatic heterocycles. The molecule has 3 heteroatoms. The normalized spacial score (nSPS) is 18.5. The van der Waals surface area contributed by atoms with Crippen LogP contribution in [0.2, 0.25) is 0 Å². The molecule has 0 aliphatic rings. The molecule has 1 aromatic carbocycles. The molecule has 1 aromatic rings. The van der Waals surface area contributed by atoms with E-state index in [4.69, 9.17) is 6.26 Å². The Hall–Kier alpha value is 0. The molecule has 0 amide bonds. The lowest BCUT2D eigenvalue weighted by Crippen LogP contribution is -1.89. The van der Waals surface area contributed by atoms with Crippen molar-refractivity contribution in [2.24, 2.45) is 0 Å². The van der Waals surface area contributed by atoms with Gasteiger partial charge in [0.25, 0.3) is 0 Å². The fraction of sp³-hybridized carbons (Fsp3) is 0.100. The minimum Gasteiger partial charge on any atom is -0.343 e. The summed E-state index contributed by atoms with van der Waals surface area (Å²) in [6.07, 6.45) is 5.75. The smallest absolute Gasteiger partial charge is 0.0464 e. The highest BCUT2D eigenvalue weighted by molar-refractivity contribution is 14.1. The van der Waals surface area contributed by atoms with Gasteiger partial charge in [0, 0.05) is 11.2 Å². The Morgan fingerprint density at radius 1 is 1.38 bits per heavy atom. The van der Waals surface area contributed by atoms with Crippen molar-refractivity contribution in [3.8, 4) is 0 Å². The average Bonchev–Trinajstić information content (AvgIpc) is 2.05. The summed E-state index contributed by atoms with van der Waals surface area (Å²) in [6, 6.07) is 7.62. The molecule has 0 spiro atoms. The standard InChI is InChI=1S/C10H11IOS/c1-9-3-5-10(6-4-9)13(2,12)8-7-11/h2-8,12H,1H3/b8-7-. The van der Waals surface area contributed by atoms with E-state index in [0.29, 0.717) is 0 Å². The molecule has 1 unspecified atom stereocenters. The van der Waals surface area contributed by atoms with Crippen molar-refractivity contribution < 1.29 is 4.55 Å². The van der Waals surface area contributed by atoms with E-state index in [1.807, 2.05) is 53.8 Å². The Labute approximate surface area is 94.5 Å². The van der Waals surface area contributed by atoms with Gasteiger partial charge in [0.1, 0.15) is 0 Å². The van der Waals surface area contributed by atoms with Crippen LogP contribution in [0.5, 0.6) is 0 Å². The van der Waals surface area contributed by atoms with Crippen molar-refractivity contribution in [2.75, 3.05) is 0 Å². The minimum atomic E-state index is -2.22. The second-order valence-corrected chi connectivity index (χ2v) is 5.56. The topological polar surface area (TPSA) is 20.2 Å². The highest BCUT2D eigenvalue weighted by Gasteiger charge is 2.12. The Morgan fingerprint density at radius 2 is 1.92 bits per heavy atom. The lowest BCUT2D eigenvalue weighted by atomic mass is 10.2. The SMILES string of the molecule is [CH]S(O)(/C=C\I)c1ccc(C)cc1. The molecule has 0 aliphatic carbocycles. The van der Waals surface area contributed by atoms with E-state index in [1.165, 1.54) is 0 Å². The molecular formula is C10H11IOS. The van der Waals surface area contributed by atoms with E-state index >= 15 is 0 Å². The summed E-state index contributed by atoms with van der Waals surface area (Å²) < 4.78 is 11.6. The Balaban J connectivity index is 3.00. The predicted octanol–water partition coefficient (Wildman–Crippen LogP) is 4.21. The van der Waals surface area contributed by atoms with Crippen LogP contribution in [0.15, 0.2) is 38.7 Å². The first-order chi connectivity index (χ1) is 6.06. The van der Waals surface area contributed by atoms with Crippen LogP contribution in [0, 0.1) is 13.2 Å². The zero-order valence-electron chi connectivity index (χ0n) is 7.27. The quantitative estimate of drug-likeness (QED) is 0.812. The molecule has 1 rings (SSSR count). The first-order valence-corrected chi connectivity index (χ1v) is 6.69. The Morgan fingerprint density at radius 3 is 2.38 bits per heavy atom.